The summed E-state index contributed by atoms with van der Waals surface area (Å²) in [6, 6.07) is 10.6. The average Bonchev–Trinajstić information content (AvgIpc) is 3.09. The summed E-state index contributed by atoms with van der Waals surface area (Å²) in [6.07, 6.45) is 0. The fraction of sp³-hybridized carbons (Fsp3) is 0.200. The molecule has 31 heavy (non-hydrogen) atoms. The molecule has 3 aromatic rings. The van der Waals surface area contributed by atoms with Crippen LogP contribution in [0.5, 0.6) is 0 Å². The van der Waals surface area contributed by atoms with Crippen molar-refractivity contribution in [3.63, 3.8) is 0 Å². The Balaban J connectivity index is 1.38. The monoisotopic (exact) mass is 478 g/mol. The van der Waals surface area contributed by atoms with Gasteiger partial charge in [0.15, 0.2) is 0 Å². The maximum atomic E-state index is 13.0. The number of non-ortho nitro benzene ring substituents is 1. The second-order valence-corrected chi connectivity index (χ2v) is 8.77. The van der Waals surface area contributed by atoms with E-state index in [1.165, 1.54) is 35.6 Å². The van der Waals surface area contributed by atoms with Crippen molar-refractivity contribution in [1.29, 1.82) is 0 Å². The van der Waals surface area contributed by atoms with Crippen molar-refractivity contribution in [1.82, 2.24) is 9.80 Å². The second kappa shape index (κ2) is 8.70. The third-order valence-corrected chi connectivity index (χ3v) is 6.85. The first-order chi connectivity index (χ1) is 14.8. The molecule has 8 nitrogen and oxygen atoms in total. The first kappa shape index (κ1) is 21.4. The van der Waals surface area contributed by atoms with E-state index in [1.807, 2.05) is 0 Å². The van der Waals surface area contributed by atoms with Crippen LogP contribution in [0.3, 0.4) is 0 Å². The molecule has 1 aliphatic heterocycles. The van der Waals surface area contributed by atoms with E-state index in [2.05, 4.69) is 5.32 Å². The van der Waals surface area contributed by atoms with E-state index in [-0.39, 0.29) is 17.6 Å². The lowest BCUT2D eigenvalue weighted by Gasteiger charge is -2.34. The minimum absolute atomic E-state index is 0.0488. The number of halogens is 2. The van der Waals surface area contributed by atoms with Gasteiger partial charge >= 0.3 is 6.03 Å². The van der Waals surface area contributed by atoms with Crippen LogP contribution in [0, 0.1) is 10.1 Å². The van der Waals surface area contributed by atoms with Gasteiger partial charge in [-0.1, -0.05) is 29.3 Å². The summed E-state index contributed by atoms with van der Waals surface area (Å²) >= 11 is 13.8. The Morgan fingerprint density at radius 3 is 2.29 bits per heavy atom. The number of urea groups is 1. The van der Waals surface area contributed by atoms with E-state index in [1.54, 1.807) is 28.0 Å². The molecule has 11 heteroatoms. The zero-order valence-electron chi connectivity index (χ0n) is 16.0. The smallest absolute Gasteiger partial charge is 0.321 e. The molecular formula is C20H16Cl2N4O4S. The van der Waals surface area contributed by atoms with E-state index in [9.17, 15) is 19.7 Å². The van der Waals surface area contributed by atoms with Crippen molar-refractivity contribution in [2.24, 2.45) is 0 Å². The third kappa shape index (κ3) is 4.43. The number of carbonyl (C=O) groups is 2. The first-order valence-electron chi connectivity index (χ1n) is 9.30. The van der Waals surface area contributed by atoms with Gasteiger partial charge in [-0.25, -0.2) is 4.79 Å². The molecule has 1 fully saturated rings. The largest absolute Gasteiger partial charge is 0.334 e. The van der Waals surface area contributed by atoms with Crippen molar-refractivity contribution in [3.8, 4) is 0 Å². The van der Waals surface area contributed by atoms with E-state index in [0.717, 1.165) is 10.1 Å². The Hall–Kier alpha value is -2.88. The second-order valence-electron chi connectivity index (χ2n) is 6.90. The van der Waals surface area contributed by atoms with Gasteiger partial charge in [0.1, 0.15) is 4.88 Å². The zero-order chi connectivity index (χ0) is 22.1. The molecule has 0 atom stereocenters. The van der Waals surface area contributed by atoms with Crippen LogP contribution in [0.25, 0.3) is 10.1 Å². The number of rotatable bonds is 3. The van der Waals surface area contributed by atoms with Crippen molar-refractivity contribution >= 4 is 67.9 Å². The van der Waals surface area contributed by atoms with Crippen LogP contribution in [-0.4, -0.2) is 52.8 Å². The fourth-order valence-electron chi connectivity index (χ4n) is 3.30. The Labute approximate surface area is 191 Å². The molecule has 1 aliphatic rings. The number of nitrogens with one attached hydrogen (secondary N) is 1. The maximum Gasteiger partial charge on any atom is 0.321 e. The fourth-order valence-corrected chi connectivity index (χ4v) is 5.06. The predicted molar refractivity (Wildman–Crippen MR) is 121 cm³/mol. The van der Waals surface area contributed by atoms with Crippen LogP contribution in [-0.2, 0) is 0 Å². The van der Waals surface area contributed by atoms with Gasteiger partial charge in [-0.2, -0.15) is 0 Å². The number of fused-ring (bicyclic) bond motifs is 1. The number of thiophene rings is 1. The number of hydrogen-bond acceptors (Lipinski definition) is 5. The Bertz CT molecular complexity index is 1170. The quantitative estimate of drug-likeness (QED) is 0.417. The molecule has 0 spiro atoms. The van der Waals surface area contributed by atoms with Crippen molar-refractivity contribution in [2.45, 2.75) is 0 Å². The molecule has 0 radical (unpaired) electrons. The van der Waals surface area contributed by atoms with Crippen molar-refractivity contribution < 1.29 is 14.5 Å². The molecule has 3 amide bonds. The van der Waals surface area contributed by atoms with Crippen LogP contribution < -0.4 is 5.32 Å². The Morgan fingerprint density at radius 2 is 1.65 bits per heavy atom. The molecule has 160 valence electrons. The summed E-state index contributed by atoms with van der Waals surface area (Å²) in [5.74, 6) is -0.169. The minimum Gasteiger partial charge on any atom is -0.334 e. The van der Waals surface area contributed by atoms with Gasteiger partial charge in [-0.3, -0.25) is 14.9 Å². The van der Waals surface area contributed by atoms with Gasteiger partial charge < -0.3 is 15.1 Å². The van der Waals surface area contributed by atoms with E-state index in [0.29, 0.717) is 46.8 Å². The predicted octanol–water partition coefficient (Wildman–Crippen LogP) is 5.11. The molecular weight excluding hydrogens is 463 g/mol. The van der Waals surface area contributed by atoms with Gasteiger partial charge in [0.25, 0.3) is 11.6 Å². The van der Waals surface area contributed by atoms with Crippen LogP contribution in [0.2, 0.25) is 10.0 Å². The maximum absolute atomic E-state index is 13.0. The summed E-state index contributed by atoms with van der Waals surface area (Å²) in [5.41, 5.74) is 0.414. The van der Waals surface area contributed by atoms with Crippen LogP contribution in [0.1, 0.15) is 9.67 Å². The van der Waals surface area contributed by atoms with E-state index >= 15 is 0 Å². The molecule has 1 saturated heterocycles. The normalized spacial score (nSPS) is 14.0. The van der Waals surface area contributed by atoms with Crippen LogP contribution in [0.15, 0.2) is 42.5 Å². The third-order valence-electron chi connectivity index (χ3n) is 4.97. The molecule has 0 bridgehead atoms. The summed E-state index contributed by atoms with van der Waals surface area (Å²) in [6.45, 7) is 1.47. The van der Waals surface area contributed by atoms with Gasteiger partial charge in [0.2, 0.25) is 0 Å². The summed E-state index contributed by atoms with van der Waals surface area (Å²) in [5, 5.41) is 15.2. The van der Waals surface area contributed by atoms with Gasteiger partial charge in [0.05, 0.1) is 9.95 Å². The average molecular weight is 479 g/mol. The summed E-state index contributed by atoms with van der Waals surface area (Å²) < 4.78 is 0.849. The topological polar surface area (TPSA) is 95.8 Å². The SMILES string of the molecule is O=C(Nc1ccc([N+](=O)[O-])cc1)N1CCN(C(=O)c2sc3cc(Cl)ccc3c2Cl)CC1. The number of carbonyl (C=O) groups excluding carboxylic acids is 2. The van der Waals surface area contributed by atoms with Gasteiger partial charge in [-0.05, 0) is 24.3 Å². The first-order valence-corrected chi connectivity index (χ1v) is 10.9. The van der Waals surface area contributed by atoms with Gasteiger partial charge in [-0.15, -0.1) is 11.3 Å². The number of hydrogen-bond donors (Lipinski definition) is 1. The number of benzene rings is 2. The zero-order valence-corrected chi connectivity index (χ0v) is 18.3. The highest BCUT2D eigenvalue weighted by atomic mass is 35.5. The van der Waals surface area contributed by atoms with Crippen molar-refractivity contribution in [2.75, 3.05) is 31.5 Å². The number of nitro benzene ring substituents is 1. The highest BCUT2D eigenvalue weighted by Crippen LogP contribution is 2.37. The molecule has 4 rings (SSSR count). The molecule has 2 aromatic carbocycles. The van der Waals surface area contributed by atoms with E-state index < -0.39 is 4.92 Å². The van der Waals surface area contributed by atoms with E-state index in [4.69, 9.17) is 23.2 Å². The molecule has 1 aromatic heterocycles. The van der Waals surface area contributed by atoms with Crippen LogP contribution >= 0.6 is 34.5 Å². The molecule has 2 heterocycles. The molecule has 0 unspecified atom stereocenters. The number of nitrogens with zero attached hydrogens (tertiary/aromatic N) is 3. The highest BCUT2D eigenvalue weighted by molar-refractivity contribution is 7.21. The van der Waals surface area contributed by atoms with Gasteiger partial charge in [0, 0.05) is 59.1 Å². The summed E-state index contributed by atoms with van der Waals surface area (Å²) in [7, 11) is 0. The molecule has 0 aliphatic carbocycles. The Kier molecular flexibility index (Phi) is 5.99. The molecule has 0 saturated carbocycles. The summed E-state index contributed by atoms with van der Waals surface area (Å²) in [4.78, 5) is 39.4. The lowest BCUT2D eigenvalue weighted by Crippen LogP contribution is -2.51. The number of piperazine rings is 1. The highest BCUT2D eigenvalue weighted by Gasteiger charge is 2.28. The number of anilines is 1. The number of nitro groups is 1. The van der Waals surface area contributed by atoms with Crippen molar-refractivity contribution in [3.05, 3.63) is 67.5 Å². The minimum atomic E-state index is -0.501. The lowest BCUT2D eigenvalue weighted by molar-refractivity contribution is -0.384. The Morgan fingerprint density at radius 1 is 1.00 bits per heavy atom. The standard InChI is InChI=1S/C20H16Cl2N4O4S/c21-12-1-6-15-16(11-12)31-18(17(15)22)19(27)24-7-9-25(10-8-24)20(28)23-13-2-4-14(5-3-13)26(29)30/h1-6,11H,7-10H2,(H,23,28). The van der Waals surface area contributed by atoms with Crippen LogP contribution in [0.4, 0.5) is 16.2 Å². The number of amides is 3. The lowest BCUT2D eigenvalue weighted by atomic mass is 10.2. The molecule has 1 N–H and O–H groups in total.